The molecule has 2 aromatic rings. The third kappa shape index (κ3) is 4.81. The molecular weight excluding hydrogens is 394 g/mol. The average Bonchev–Trinajstić information content (AvgIpc) is 3.19. The van der Waals surface area contributed by atoms with E-state index in [0.717, 1.165) is 23.3 Å². The molecule has 1 heterocycles. The number of benzene rings is 2. The van der Waals surface area contributed by atoms with Crippen LogP contribution in [-0.2, 0) is 20.6 Å². The largest absolute Gasteiger partial charge is 0.272 e. The van der Waals surface area contributed by atoms with Crippen molar-refractivity contribution < 1.29 is 13.2 Å². The van der Waals surface area contributed by atoms with Crippen LogP contribution in [0, 0.1) is 0 Å². The molecule has 148 valence electrons. The second-order valence-corrected chi connectivity index (χ2v) is 9.74. The molecule has 0 aliphatic carbocycles. The van der Waals surface area contributed by atoms with Crippen LogP contribution in [-0.4, -0.2) is 55.7 Å². The van der Waals surface area contributed by atoms with Crippen LogP contribution in [0.3, 0.4) is 0 Å². The zero-order valence-corrected chi connectivity index (χ0v) is 17.5. The van der Waals surface area contributed by atoms with Crippen LogP contribution >= 0.6 is 11.8 Å². The number of carbonyl (C=O) groups is 1. The van der Waals surface area contributed by atoms with Crippen LogP contribution < -0.4 is 0 Å². The molecule has 1 aliphatic rings. The maximum Gasteiger partial charge on any atom is 0.252 e. The third-order valence-electron chi connectivity index (χ3n) is 4.37. The van der Waals surface area contributed by atoms with Gasteiger partial charge in [0.15, 0.2) is 0 Å². The van der Waals surface area contributed by atoms with Crippen molar-refractivity contribution >= 4 is 33.4 Å². The van der Waals surface area contributed by atoms with Gasteiger partial charge in [-0.15, -0.1) is 11.8 Å². The van der Waals surface area contributed by atoms with E-state index in [1.165, 1.54) is 35.2 Å². The molecule has 0 unspecified atom stereocenters. The van der Waals surface area contributed by atoms with Gasteiger partial charge in [-0.1, -0.05) is 42.5 Å². The van der Waals surface area contributed by atoms with Crippen molar-refractivity contribution in [2.24, 2.45) is 5.10 Å². The topological polar surface area (TPSA) is 70.1 Å². The minimum absolute atomic E-state index is 0.0343. The highest BCUT2D eigenvalue weighted by molar-refractivity contribution is 7.99. The molecule has 1 aliphatic heterocycles. The Morgan fingerprint density at radius 2 is 1.89 bits per heavy atom. The summed E-state index contributed by atoms with van der Waals surface area (Å²) in [6.45, 7) is 0.597. The van der Waals surface area contributed by atoms with Gasteiger partial charge in [-0.2, -0.15) is 5.10 Å². The summed E-state index contributed by atoms with van der Waals surface area (Å²) in [5.74, 6) is 0.829. The van der Waals surface area contributed by atoms with E-state index < -0.39 is 10.0 Å². The number of nitrogens with zero attached hydrogens (tertiary/aromatic N) is 3. The van der Waals surface area contributed by atoms with E-state index in [4.69, 9.17) is 0 Å². The van der Waals surface area contributed by atoms with Crippen LogP contribution in [0.5, 0.6) is 0 Å². The highest BCUT2D eigenvalue weighted by Gasteiger charge is 2.21. The quantitative estimate of drug-likeness (QED) is 0.695. The number of thioether (sulfide) groups is 1. The van der Waals surface area contributed by atoms with E-state index >= 15 is 0 Å². The van der Waals surface area contributed by atoms with Gasteiger partial charge in [-0.3, -0.25) is 4.79 Å². The van der Waals surface area contributed by atoms with Gasteiger partial charge in [0.05, 0.1) is 22.9 Å². The Balaban J connectivity index is 1.56. The second kappa shape index (κ2) is 8.89. The van der Waals surface area contributed by atoms with Gasteiger partial charge in [-0.05, 0) is 23.3 Å². The second-order valence-electron chi connectivity index (χ2n) is 6.61. The number of amides is 1. The van der Waals surface area contributed by atoms with Crippen LogP contribution in [0.15, 0.2) is 64.6 Å². The zero-order valence-electron chi connectivity index (χ0n) is 15.9. The minimum Gasteiger partial charge on any atom is -0.272 e. The summed E-state index contributed by atoms with van der Waals surface area (Å²) in [6, 6.07) is 16.7. The molecule has 28 heavy (non-hydrogen) atoms. The molecule has 0 aromatic heterocycles. The number of hydrogen-bond acceptors (Lipinski definition) is 5. The minimum atomic E-state index is -3.46. The summed E-state index contributed by atoms with van der Waals surface area (Å²) in [6.07, 6.45) is 0.755. The summed E-state index contributed by atoms with van der Waals surface area (Å²) in [5.41, 5.74) is 2.85. The molecule has 8 heteroatoms. The van der Waals surface area contributed by atoms with E-state index in [1.807, 2.05) is 36.4 Å². The summed E-state index contributed by atoms with van der Waals surface area (Å²) in [5, 5.41) is 5.98. The summed E-state index contributed by atoms with van der Waals surface area (Å²) in [7, 11) is -0.436. The SMILES string of the molecule is CN(C)S(=O)(=O)c1cccc(CSCC(=O)N2CCC(c3ccccc3)=N2)c1. The molecule has 3 rings (SSSR count). The molecule has 0 bridgehead atoms. The molecule has 6 nitrogen and oxygen atoms in total. The number of carbonyl (C=O) groups excluding carboxylic acids is 1. The van der Waals surface area contributed by atoms with Crippen molar-refractivity contribution in [1.82, 2.24) is 9.31 Å². The first kappa shape index (κ1) is 20.6. The molecule has 0 fully saturated rings. The standard InChI is InChI=1S/C20H23N3O3S2/c1-22(2)28(25,26)18-10-6-7-16(13-18)14-27-15-20(24)23-12-11-19(21-23)17-8-4-3-5-9-17/h3-10,13H,11-12,14-15H2,1-2H3. The maximum absolute atomic E-state index is 12.4. The Hall–Kier alpha value is -2.16. The van der Waals surface area contributed by atoms with Gasteiger partial charge >= 0.3 is 0 Å². The lowest BCUT2D eigenvalue weighted by atomic mass is 10.1. The Bertz CT molecular complexity index is 973. The number of hydrogen-bond donors (Lipinski definition) is 0. The molecule has 2 aromatic carbocycles. The summed E-state index contributed by atoms with van der Waals surface area (Å²) >= 11 is 1.46. The first-order valence-corrected chi connectivity index (χ1v) is 11.5. The third-order valence-corrected chi connectivity index (χ3v) is 7.17. The smallest absolute Gasteiger partial charge is 0.252 e. The fraction of sp³-hybridized carbons (Fsp3) is 0.300. The van der Waals surface area contributed by atoms with E-state index in [2.05, 4.69) is 5.10 Å². The van der Waals surface area contributed by atoms with Gasteiger partial charge in [0.1, 0.15) is 0 Å². The van der Waals surface area contributed by atoms with Crippen LogP contribution in [0.2, 0.25) is 0 Å². The lowest BCUT2D eigenvalue weighted by Crippen LogP contribution is -2.25. The van der Waals surface area contributed by atoms with Crippen molar-refractivity contribution in [1.29, 1.82) is 0 Å². The predicted octanol–water partition coefficient (Wildman–Crippen LogP) is 2.81. The molecule has 0 N–H and O–H groups in total. The fourth-order valence-electron chi connectivity index (χ4n) is 2.81. The molecule has 0 saturated carbocycles. The first-order valence-electron chi connectivity index (χ1n) is 8.90. The Morgan fingerprint density at radius 3 is 2.61 bits per heavy atom. The van der Waals surface area contributed by atoms with E-state index in [1.54, 1.807) is 18.2 Å². The van der Waals surface area contributed by atoms with Gasteiger partial charge in [0.25, 0.3) is 5.91 Å². The van der Waals surface area contributed by atoms with Crippen LogP contribution in [0.4, 0.5) is 0 Å². The molecular formula is C20H23N3O3S2. The fourth-order valence-corrected chi connectivity index (χ4v) is 4.62. The van der Waals surface area contributed by atoms with E-state index in [-0.39, 0.29) is 10.8 Å². The van der Waals surface area contributed by atoms with Gasteiger partial charge in [0, 0.05) is 26.3 Å². The summed E-state index contributed by atoms with van der Waals surface area (Å²) < 4.78 is 25.7. The monoisotopic (exact) mass is 417 g/mol. The summed E-state index contributed by atoms with van der Waals surface area (Å²) in [4.78, 5) is 12.7. The lowest BCUT2D eigenvalue weighted by molar-refractivity contribution is -0.127. The lowest BCUT2D eigenvalue weighted by Gasteiger charge is -2.13. The van der Waals surface area contributed by atoms with Crippen molar-refractivity contribution in [2.45, 2.75) is 17.1 Å². The normalized spacial score (nSPS) is 14.4. The van der Waals surface area contributed by atoms with Crippen molar-refractivity contribution in [3.8, 4) is 0 Å². The molecule has 0 saturated heterocycles. The van der Waals surface area contributed by atoms with Gasteiger partial charge < -0.3 is 0 Å². The molecule has 1 amide bonds. The van der Waals surface area contributed by atoms with Gasteiger partial charge in [0.2, 0.25) is 10.0 Å². The Morgan fingerprint density at radius 1 is 1.14 bits per heavy atom. The number of sulfonamides is 1. The highest BCUT2D eigenvalue weighted by Crippen LogP contribution is 2.20. The average molecular weight is 418 g/mol. The van der Waals surface area contributed by atoms with Crippen molar-refractivity contribution in [3.63, 3.8) is 0 Å². The molecule has 0 radical (unpaired) electrons. The number of rotatable bonds is 7. The van der Waals surface area contributed by atoms with E-state index in [9.17, 15) is 13.2 Å². The Kier molecular flexibility index (Phi) is 6.53. The molecule has 0 spiro atoms. The zero-order chi connectivity index (χ0) is 20.1. The predicted molar refractivity (Wildman–Crippen MR) is 113 cm³/mol. The van der Waals surface area contributed by atoms with Crippen LogP contribution in [0.25, 0.3) is 0 Å². The highest BCUT2D eigenvalue weighted by atomic mass is 32.2. The van der Waals surface area contributed by atoms with Crippen molar-refractivity contribution in [3.05, 3.63) is 65.7 Å². The maximum atomic E-state index is 12.4. The first-order chi connectivity index (χ1) is 13.4. The van der Waals surface area contributed by atoms with Crippen LogP contribution in [0.1, 0.15) is 17.5 Å². The Labute approximate surface area is 170 Å². The van der Waals surface area contributed by atoms with Gasteiger partial charge in [-0.25, -0.2) is 17.7 Å². The molecule has 0 atom stereocenters. The van der Waals surface area contributed by atoms with Crippen molar-refractivity contribution in [2.75, 3.05) is 26.4 Å². The van der Waals surface area contributed by atoms with E-state index in [0.29, 0.717) is 18.1 Å². The number of hydrazone groups is 1.